The summed E-state index contributed by atoms with van der Waals surface area (Å²) in [5.74, 6) is -3.66. The molecule has 2 aromatic rings. The maximum Gasteiger partial charge on any atom is 0.303 e. The van der Waals surface area contributed by atoms with Gasteiger partial charge in [0.2, 0.25) is 0 Å². The van der Waals surface area contributed by atoms with Gasteiger partial charge in [0, 0.05) is 6.42 Å². The second-order valence-corrected chi connectivity index (χ2v) is 6.71. The first kappa shape index (κ1) is 20.6. The molecule has 1 aliphatic heterocycles. The van der Waals surface area contributed by atoms with E-state index < -0.39 is 42.8 Å². The van der Waals surface area contributed by atoms with Crippen molar-refractivity contribution in [3.8, 4) is 5.75 Å². The third kappa shape index (κ3) is 3.86. The molecule has 0 amide bonds. The monoisotopic (exact) mass is 398 g/mol. The first-order valence-corrected chi connectivity index (χ1v) is 8.69. The minimum Gasteiger partial charge on any atom is -0.497 e. The molecule has 3 N–H and O–H groups in total. The number of halogens is 3. The predicted octanol–water partition coefficient (Wildman–Crippen LogP) is 2.21. The summed E-state index contributed by atoms with van der Waals surface area (Å²) in [6.07, 6.45) is -7.45. The highest BCUT2D eigenvalue weighted by Crippen LogP contribution is 2.41. The van der Waals surface area contributed by atoms with Crippen molar-refractivity contribution in [2.45, 2.75) is 36.8 Å². The van der Waals surface area contributed by atoms with Crippen LogP contribution in [0.25, 0.3) is 0 Å². The lowest BCUT2D eigenvalue weighted by Gasteiger charge is -2.42. The van der Waals surface area contributed by atoms with Gasteiger partial charge in [-0.25, -0.2) is 13.2 Å². The molecule has 2 aromatic carbocycles. The van der Waals surface area contributed by atoms with E-state index >= 15 is 0 Å². The molecule has 0 aliphatic carbocycles. The van der Waals surface area contributed by atoms with Crippen LogP contribution in [0.5, 0.6) is 5.75 Å². The second kappa shape index (κ2) is 8.08. The Balaban J connectivity index is 1.87. The number of methoxy groups -OCH3 is 1. The Morgan fingerprint density at radius 3 is 2.39 bits per heavy atom. The zero-order valence-electron chi connectivity index (χ0n) is 15.1. The van der Waals surface area contributed by atoms with Crippen molar-refractivity contribution in [1.82, 2.24) is 0 Å². The van der Waals surface area contributed by atoms with Gasteiger partial charge in [-0.3, -0.25) is 0 Å². The smallest absolute Gasteiger partial charge is 0.303 e. The minimum atomic E-state index is -3.81. The number of alkyl halides is 2. The van der Waals surface area contributed by atoms with Crippen LogP contribution in [0.3, 0.4) is 0 Å². The Morgan fingerprint density at radius 2 is 1.79 bits per heavy atom. The summed E-state index contributed by atoms with van der Waals surface area (Å²) in [6.45, 7) is -1.03. The maximum atomic E-state index is 14.3. The molecular weight excluding hydrogens is 377 g/mol. The van der Waals surface area contributed by atoms with Crippen molar-refractivity contribution in [2.75, 3.05) is 13.7 Å². The van der Waals surface area contributed by atoms with E-state index in [1.54, 1.807) is 24.3 Å². The van der Waals surface area contributed by atoms with E-state index in [1.807, 2.05) is 0 Å². The van der Waals surface area contributed by atoms with Gasteiger partial charge in [0.05, 0.1) is 13.7 Å². The van der Waals surface area contributed by atoms with Gasteiger partial charge in [-0.05, 0) is 41.0 Å². The van der Waals surface area contributed by atoms with Crippen molar-refractivity contribution in [1.29, 1.82) is 0 Å². The van der Waals surface area contributed by atoms with E-state index in [2.05, 4.69) is 0 Å². The molecule has 5 nitrogen and oxygen atoms in total. The molecule has 0 radical (unpaired) electrons. The molecule has 0 spiro atoms. The quantitative estimate of drug-likeness (QED) is 0.720. The van der Waals surface area contributed by atoms with Gasteiger partial charge in [-0.2, -0.15) is 0 Å². The number of aliphatic hydroxyl groups is 3. The van der Waals surface area contributed by atoms with Crippen molar-refractivity contribution in [3.05, 3.63) is 65.0 Å². The Labute approximate surface area is 160 Å². The van der Waals surface area contributed by atoms with Crippen LogP contribution in [0.1, 0.15) is 22.8 Å². The molecule has 28 heavy (non-hydrogen) atoms. The van der Waals surface area contributed by atoms with Crippen LogP contribution in [0.2, 0.25) is 0 Å². The van der Waals surface area contributed by atoms with Gasteiger partial charge in [0.15, 0.2) is 0 Å². The fourth-order valence-corrected chi connectivity index (χ4v) is 3.24. The second-order valence-electron chi connectivity index (χ2n) is 6.71. The van der Waals surface area contributed by atoms with E-state index in [0.29, 0.717) is 5.75 Å². The van der Waals surface area contributed by atoms with E-state index in [0.717, 1.165) is 11.6 Å². The summed E-state index contributed by atoms with van der Waals surface area (Å²) in [6, 6.07) is 10.8. The molecule has 152 valence electrons. The molecule has 1 fully saturated rings. The van der Waals surface area contributed by atoms with Crippen molar-refractivity contribution in [2.24, 2.45) is 0 Å². The van der Waals surface area contributed by atoms with Crippen LogP contribution in [-0.4, -0.2) is 53.3 Å². The summed E-state index contributed by atoms with van der Waals surface area (Å²) in [5, 5.41) is 29.0. The normalized spacial score (nSPS) is 26.8. The van der Waals surface area contributed by atoms with Gasteiger partial charge in [-0.1, -0.05) is 18.2 Å². The summed E-state index contributed by atoms with van der Waals surface area (Å²) in [5.41, 5.74) is 1.29. The average molecular weight is 398 g/mol. The fourth-order valence-electron chi connectivity index (χ4n) is 3.24. The highest BCUT2D eigenvalue weighted by atomic mass is 19.3. The van der Waals surface area contributed by atoms with Gasteiger partial charge < -0.3 is 24.8 Å². The van der Waals surface area contributed by atoms with Crippen molar-refractivity contribution in [3.63, 3.8) is 0 Å². The highest BCUT2D eigenvalue weighted by molar-refractivity contribution is 5.35. The van der Waals surface area contributed by atoms with Gasteiger partial charge in [-0.15, -0.1) is 0 Å². The van der Waals surface area contributed by atoms with Crippen LogP contribution >= 0.6 is 0 Å². The summed E-state index contributed by atoms with van der Waals surface area (Å²) >= 11 is 0. The lowest BCUT2D eigenvalue weighted by atomic mass is 9.89. The Bertz CT molecular complexity index is 808. The summed E-state index contributed by atoms with van der Waals surface area (Å²) in [4.78, 5) is 0. The van der Waals surface area contributed by atoms with E-state index in [4.69, 9.17) is 14.6 Å². The van der Waals surface area contributed by atoms with Crippen LogP contribution in [0, 0.1) is 5.82 Å². The molecule has 8 heteroatoms. The first-order chi connectivity index (χ1) is 13.3. The number of hydrogen-bond donors (Lipinski definition) is 3. The number of aliphatic hydroxyl groups excluding tert-OH is 3. The molecule has 4 atom stereocenters. The van der Waals surface area contributed by atoms with Gasteiger partial charge >= 0.3 is 5.92 Å². The minimum absolute atomic E-state index is 0.217. The Hall–Kier alpha value is -2.13. The lowest BCUT2D eigenvalue weighted by molar-refractivity contribution is -0.296. The molecule has 3 rings (SSSR count). The SMILES string of the molecule is COc1ccc(Cc2cc(C3OC(CO)C(F)(F)C(O)C3O)ccc2F)cc1. The molecule has 1 aliphatic rings. The third-order valence-electron chi connectivity index (χ3n) is 4.89. The molecule has 1 saturated heterocycles. The molecular formula is C20H21F3O5. The Kier molecular flexibility index (Phi) is 5.95. The summed E-state index contributed by atoms with van der Waals surface area (Å²) < 4.78 is 52.4. The van der Waals surface area contributed by atoms with Crippen LogP contribution in [0.15, 0.2) is 42.5 Å². The number of rotatable bonds is 5. The molecule has 0 bridgehead atoms. The fraction of sp³-hybridized carbons (Fsp3) is 0.400. The predicted molar refractivity (Wildman–Crippen MR) is 93.9 cm³/mol. The van der Waals surface area contributed by atoms with Crippen molar-refractivity contribution < 1.29 is 38.0 Å². The number of ether oxygens (including phenoxy) is 2. The lowest BCUT2D eigenvalue weighted by Crippen LogP contribution is -2.59. The molecule has 1 heterocycles. The van der Waals surface area contributed by atoms with E-state index in [-0.39, 0.29) is 17.5 Å². The summed E-state index contributed by atoms with van der Waals surface area (Å²) in [7, 11) is 1.53. The number of benzene rings is 2. The van der Waals surface area contributed by atoms with Crippen molar-refractivity contribution >= 4 is 0 Å². The van der Waals surface area contributed by atoms with E-state index in [1.165, 1.54) is 19.2 Å². The molecule has 4 unspecified atom stereocenters. The Morgan fingerprint density at radius 1 is 1.11 bits per heavy atom. The van der Waals surface area contributed by atoms with Gasteiger partial charge in [0.25, 0.3) is 0 Å². The zero-order valence-corrected chi connectivity index (χ0v) is 15.1. The van der Waals surface area contributed by atoms with Gasteiger partial charge in [0.1, 0.15) is 36.0 Å². The average Bonchev–Trinajstić information content (AvgIpc) is 2.69. The van der Waals surface area contributed by atoms with Crippen LogP contribution in [-0.2, 0) is 11.2 Å². The maximum absolute atomic E-state index is 14.3. The molecule has 0 aromatic heterocycles. The topological polar surface area (TPSA) is 79.2 Å². The van der Waals surface area contributed by atoms with E-state index in [9.17, 15) is 23.4 Å². The molecule has 0 saturated carbocycles. The third-order valence-corrected chi connectivity index (χ3v) is 4.89. The zero-order chi connectivity index (χ0) is 20.5. The van der Waals surface area contributed by atoms with Crippen LogP contribution in [0.4, 0.5) is 13.2 Å². The number of hydrogen-bond acceptors (Lipinski definition) is 5. The standard InChI is InChI=1S/C20H21F3O5/c1-27-14-5-2-11(3-6-14)8-13-9-12(4-7-15(13)21)18-17(25)19(26)20(22,23)16(10-24)28-18/h2-7,9,16-19,24-26H,8,10H2,1H3. The largest absolute Gasteiger partial charge is 0.497 e. The highest BCUT2D eigenvalue weighted by Gasteiger charge is 2.57. The first-order valence-electron chi connectivity index (χ1n) is 8.69. The van der Waals surface area contributed by atoms with Crippen LogP contribution < -0.4 is 4.74 Å².